The van der Waals surface area contributed by atoms with E-state index in [2.05, 4.69) is 5.32 Å². The molecule has 0 spiro atoms. The van der Waals surface area contributed by atoms with E-state index in [1.165, 1.54) is 13.8 Å². The molecule has 0 aliphatic rings. The fourth-order valence-corrected chi connectivity index (χ4v) is 2.59. The minimum atomic E-state index is -0.982. The first-order valence-electron chi connectivity index (χ1n) is 8.66. The van der Waals surface area contributed by atoms with Crippen LogP contribution in [0.1, 0.15) is 47.4 Å². The fourth-order valence-electron chi connectivity index (χ4n) is 2.46. The molecule has 6 nitrogen and oxygen atoms in total. The first-order chi connectivity index (χ1) is 13.3. The number of hydrogen-bond donors (Lipinski definition) is 1. The van der Waals surface area contributed by atoms with Gasteiger partial charge in [-0.1, -0.05) is 11.6 Å². The zero-order chi connectivity index (χ0) is 20.7. The maximum Gasteiger partial charge on any atom is 0.306 e. The highest BCUT2D eigenvalue weighted by Crippen LogP contribution is 2.14. The number of halogens is 1. The number of carbonyl (C=O) groups excluding carboxylic acids is 4. The summed E-state index contributed by atoms with van der Waals surface area (Å²) in [6, 6.07) is 12.7. The maximum atomic E-state index is 12.4. The second-order valence-corrected chi connectivity index (χ2v) is 6.62. The van der Waals surface area contributed by atoms with Crippen molar-refractivity contribution in [2.45, 2.75) is 32.8 Å². The third kappa shape index (κ3) is 6.32. The van der Waals surface area contributed by atoms with Crippen LogP contribution in [0.2, 0.25) is 5.02 Å². The number of rotatable bonds is 8. The Morgan fingerprint density at radius 3 is 2.07 bits per heavy atom. The molecule has 0 radical (unpaired) electrons. The lowest BCUT2D eigenvalue weighted by Gasteiger charge is -2.12. The standard InChI is InChI=1S/C21H20ClNO5/c1-13(21(27)16-5-9-18(10-6-16)23-14(2)24)28-20(26)12-11-19(25)15-3-7-17(22)8-4-15/h3-10,13H,11-12H2,1-2H3,(H,23,24)/t13-/m0/s1. The van der Waals surface area contributed by atoms with Gasteiger partial charge in [0.2, 0.25) is 11.7 Å². The van der Waals surface area contributed by atoms with E-state index in [1.54, 1.807) is 48.5 Å². The molecule has 2 aromatic carbocycles. The molecule has 0 saturated carbocycles. The third-order valence-corrected chi connectivity index (χ3v) is 4.14. The van der Waals surface area contributed by atoms with Crippen LogP contribution in [-0.2, 0) is 14.3 Å². The molecule has 2 rings (SSSR count). The average Bonchev–Trinajstić information content (AvgIpc) is 2.66. The van der Waals surface area contributed by atoms with E-state index in [4.69, 9.17) is 16.3 Å². The lowest BCUT2D eigenvalue weighted by Crippen LogP contribution is -2.24. The Hall–Kier alpha value is -2.99. The van der Waals surface area contributed by atoms with Gasteiger partial charge in [-0.05, 0) is 55.5 Å². The van der Waals surface area contributed by atoms with E-state index < -0.39 is 12.1 Å². The van der Waals surface area contributed by atoms with Gasteiger partial charge in [0.1, 0.15) is 0 Å². The summed E-state index contributed by atoms with van der Waals surface area (Å²) in [5.74, 6) is -1.42. The summed E-state index contributed by atoms with van der Waals surface area (Å²) in [5.41, 5.74) is 1.38. The number of Topliss-reactive ketones (excluding diaryl/α,β-unsaturated/α-hetero) is 2. The second kappa shape index (κ2) is 9.80. The molecule has 0 bridgehead atoms. The largest absolute Gasteiger partial charge is 0.454 e. The van der Waals surface area contributed by atoms with Crippen molar-refractivity contribution < 1.29 is 23.9 Å². The first kappa shape index (κ1) is 21.3. The highest BCUT2D eigenvalue weighted by atomic mass is 35.5. The van der Waals surface area contributed by atoms with Gasteiger partial charge in [-0.15, -0.1) is 0 Å². The molecule has 0 aliphatic carbocycles. The van der Waals surface area contributed by atoms with Gasteiger partial charge < -0.3 is 10.1 Å². The van der Waals surface area contributed by atoms with Crippen molar-refractivity contribution in [3.63, 3.8) is 0 Å². The monoisotopic (exact) mass is 401 g/mol. The predicted octanol–water partition coefficient (Wildman–Crippen LogP) is 4.08. The Kier molecular flexibility index (Phi) is 7.46. The van der Waals surface area contributed by atoms with Crippen molar-refractivity contribution in [1.29, 1.82) is 0 Å². The maximum absolute atomic E-state index is 12.4. The summed E-state index contributed by atoms with van der Waals surface area (Å²) >= 11 is 5.78. The van der Waals surface area contributed by atoms with Crippen molar-refractivity contribution in [2.75, 3.05) is 5.32 Å². The third-order valence-electron chi connectivity index (χ3n) is 3.89. The Labute approximate surface area is 167 Å². The van der Waals surface area contributed by atoms with E-state index >= 15 is 0 Å². The van der Waals surface area contributed by atoms with Crippen molar-refractivity contribution in [3.05, 3.63) is 64.7 Å². The highest BCUT2D eigenvalue weighted by molar-refractivity contribution is 6.30. The number of esters is 1. The average molecular weight is 402 g/mol. The van der Waals surface area contributed by atoms with Gasteiger partial charge in [0.15, 0.2) is 11.9 Å². The Morgan fingerprint density at radius 1 is 0.929 bits per heavy atom. The molecule has 1 N–H and O–H groups in total. The summed E-state index contributed by atoms with van der Waals surface area (Å²) < 4.78 is 5.14. The van der Waals surface area contributed by atoms with Crippen LogP contribution in [0.25, 0.3) is 0 Å². The smallest absolute Gasteiger partial charge is 0.306 e. The zero-order valence-electron chi connectivity index (χ0n) is 15.5. The molecule has 0 saturated heterocycles. The topological polar surface area (TPSA) is 89.5 Å². The summed E-state index contributed by atoms with van der Waals surface area (Å²) in [7, 11) is 0. The molecule has 0 aromatic heterocycles. The van der Waals surface area contributed by atoms with Gasteiger partial charge in [0.05, 0.1) is 6.42 Å². The number of nitrogens with one attached hydrogen (secondary N) is 1. The van der Waals surface area contributed by atoms with Gasteiger partial charge in [0.25, 0.3) is 0 Å². The van der Waals surface area contributed by atoms with Gasteiger partial charge in [-0.2, -0.15) is 0 Å². The molecule has 0 unspecified atom stereocenters. The van der Waals surface area contributed by atoms with E-state index in [0.717, 1.165) is 0 Å². The zero-order valence-corrected chi connectivity index (χ0v) is 16.3. The van der Waals surface area contributed by atoms with Gasteiger partial charge >= 0.3 is 5.97 Å². The quantitative estimate of drug-likeness (QED) is 0.531. The first-order valence-corrected chi connectivity index (χ1v) is 9.04. The van der Waals surface area contributed by atoms with Crippen molar-refractivity contribution in [1.82, 2.24) is 0 Å². The molecular weight excluding hydrogens is 382 g/mol. The second-order valence-electron chi connectivity index (χ2n) is 6.18. The summed E-state index contributed by atoms with van der Waals surface area (Å²) in [4.78, 5) is 47.4. The SMILES string of the molecule is CC(=O)Nc1ccc(C(=O)[C@H](C)OC(=O)CCC(=O)c2ccc(Cl)cc2)cc1. The highest BCUT2D eigenvalue weighted by Gasteiger charge is 2.20. The van der Waals surface area contributed by atoms with Gasteiger partial charge in [-0.3, -0.25) is 19.2 Å². The predicted molar refractivity (Wildman–Crippen MR) is 106 cm³/mol. The lowest BCUT2D eigenvalue weighted by atomic mass is 10.1. The molecule has 146 valence electrons. The minimum absolute atomic E-state index is 0.0210. The number of hydrogen-bond acceptors (Lipinski definition) is 5. The number of amides is 1. The van der Waals surface area contributed by atoms with Crippen LogP contribution in [0.15, 0.2) is 48.5 Å². The van der Waals surface area contributed by atoms with Crippen molar-refractivity contribution in [2.24, 2.45) is 0 Å². The number of ketones is 2. The molecule has 1 amide bonds. The molecule has 0 aliphatic heterocycles. The Balaban J connectivity index is 1.85. The van der Waals surface area contributed by atoms with Crippen LogP contribution in [0, 0.1) is 0 Å². The number of carbonyl (C=O) groups is 4. The normalized spacial score (nSPS) is 11.4. The fraction of sp³-hybridized carbons (Fsp3) is 0.238. The van der Waals surface area contributed by atoms with Crippen LogP contribution in [0.5, 0.6) is 0 Å². The number of benzene rings is 2. The summed E-state index contributed by atoms with van der Waals surface area (Å²) in [5, 5.41) is 3.12. The Bertz CT molecular complexity index is 875. The van der Waals surface area contributed by atoms with Crippen molar-refractivity contribution in [3.8, 4) is 0 Å². The minimum Gasteiger partial charge on any atom is -0.454 e. The van der Waals surface area contributed by atoms with Gasteiger partial charge in [0, 0.05) is 35.2 Å². The molecule has 1 atom stereocenters. The van der Waals surface area contributed by atoms with E-state index in [9.17, 15) is 19.2 Å². The number of anilines is 1. The number of ether oxygens (including phenoxy) is 1. The molecule has 28 heavy (non-hydrogen) atoms. The van der Waals surface area contributed by atoms with E-state index in [-0.39, 0.29) is 30.3 Å². The molecule has 0 heterocycles. The van der Waals surface area contributed by atoms with E-state index in [0.29, 0.717) is 21.8 Å². The Morgan fingerprint density at radius 2 is 1.50 bits per heavy atom. The van der Waals surface area contributed by atoms with Crippen LogP contribution in [0.3, 0.4) is 0 Å². The van der Waals surface area contributed by atoms with Crippen LogP contribution in [0.4, 0.5) is 5.69 Å². The molecular formula is C21H20ClNO5. The van der Waals surface area contributed by atoms with Crippen molar-refractivity contribution >= 4 is 40.7 Å². The molecule has 2 aromatic rings. The molecule has 7 heteroatoms. The van der Waals surface area contributed by atoms with Gasteiger partial charge in [-0.25, -0.2) is 0 Å². The molecule has 0 fully saturated rings. The van der Waals surface area contributed by atoms with Crippen LogP contribution < -0.4 is 5.32 Å². The summed E-state index contributed by atoms with van der Waals surface area (Å²) in [6.07, 6.45) is -1.13. The lowest BCUT2D eigenvalue weighted by molar-refractivity contribution is -0.146. The summed E-state index contributed by atoms with van der Waals surface area (Å²) in [6.45, 7) is 2.86. The van der Waals surface area contributed by atoms with E-state index in [1.807, 2.05) is 0 Å². The van der Waals surface area contributed by atoms with Crippen LogP contribution in [-0.4, -0.2) is 29.5 Å². The van der Waals surface area contributed by atoms with Crippen LogP contribution >= 0.6 is 11.6 Å².